The number of fused-ring (bicyclic) bond motifs is 1. The molecule has 1 heterocycles. The zero-order chi connectivity index (χ0) is 22.1. The summed E-state index contributed by atoms with van der Waals surface area (Å²) >= 11 is 0. The fourth-order valence-corrected chi connectivity index (χ4v) is 3.93. The Morgan fingerprint density at radius 1 is 0.867 bits per heavy atom. The number of hydrogen-bond acceptors (Lipinski definition) is 2. The molecule has 0 atom stereocenters. The Bertz CT molecular complexity index is 981. The van der Waals surface area contributed by atoms with Gasteiger partial charge in [0.2, 0.25) is 0 Å². The van der Waals surface area contributed by atoms with Crippen molar-refractivity contribution in [1.29, 1.82) is 0 Å². The van der Waals surface area contributed by atoms with Crippen LogP contribution in [0.1, 0.15) is 85.3 Å². The van der Waals surface area contributed by atoms with Gasteiger partial charge >= 0.3 is 0 Å². The van der Waals surface area contributed by atoms with Crippen LogP contribution in [0.3, 0.4) is 0 Å². The van der Waals surface area contributed by atoms with Gasteiger partial charge in [0.15, 0.2) is 0 Å². The third kappa shape index (κ3) is 4.71. The molecule has 0 fully saturated rings. The fourth-order valence-electron chi connectivity index (χ4n) is 3.93. The average Bonchev–Trinajstić information content (AvgIpc) is 3.03. The molecule has 3 heteroatoms. The van der Waals surface area contributed by atoms with Gasteiger partial charge in [-0.15, -0.1) is 0 Å². The largest absolute Gasteiger partial charge is 0.397 e. The highest BCUT2D eigenvalue weighted by Crippen LogP contribution is 2.35. The number of aryl methyl sites for hydroxylation is 1. The van der Waals surface area contributed by atoms with Crippen LogP contribution in [0.2, 0.25) is 0 Å². The number of anilines is 1. The number of unbranched alkanes of at least 4 members (excludes halogenated alkanes) is 3. The molecule has 0 bridgehead atoms. The second-order valence-corrected chi connectivity index (χ2v) is 10.7. The Morgan fingerprint density at radius 2 is 1.50 bits per heavy atom. The van der Waals surface area contributed by atoms with Gasteiger partial charge in [0, 0.05) is 12.1 Å². The summed E-state index contributed by atoms with van der Waals surface area (Å²) in [6, 6.07) is 13.2. The van der Waals surface area contributed by atoms with Gasteiger partial charge < -0.3 is 10.3 Å². The van der Waals surface area contributed by atoms with Crippen molar-refractivity contribution in [3.8, 4) is 11.4 Å². The molecule has 3 rings (SSSR count). The molecule has 2 N–H and O–H groups in total. The van der Waals surface area contributed by atoms with Crippen molar-refractivity contribution in [1.82, 2.24) is 9.55 Å². The first-order chi connectivity index (χ1) is 14.0. The first kappa shape index (κ1) is 22.4. The monoisotopic (exact) mass is 405 g/mol. The lowest BCUT2D eigenvalue weighted by Gasteiger charge is -2.26. The Balaban J connectivity index is 2.21. The average molecular weight is 406 g/mol. The summed E-state index contributed by atoms with van der Waals surface area (Å²) in [6.45, 7) is 16.9. The van der Waals surface area contributed by atoms with E-state index in [2.05, 4.69) is 77.3 Å². The topological polar surface area (TPSA) is 43.8 Å². The Hall–Kier alpha value is -2.29. The van der Waals surface area contributed by atoms with Crippen LogP contribution in [0, 0.1) is 0 Å². The van der Waals surface area contributed by atoms with Crippen LogP contribution in [0.15, 0.2) is 36.4 Å². The first-order valence-electron chi connectivity index (χ1n) is 11.4. The maximum Gasteiger partial charge on any atom is 0.141 e. The molecule has 0 amide bonds. The highest BCUT2D eigenvalue weighted by Gasteiger charge is 2.23. The van der Waals surface area contributed by atoms with Gasteiger partial charge in [-0.05, 0) is 52.6 Å². The van der Waals surface area contributed by atoms with Crippen molar-refractivity contribution in [2.24, 2.45) is 0 Å². The summed E-state index contributed by atoms with van der Waals surface area (Å²) in [6.07, 6.45) is 4.92. The van der Waals surface area contributed by atoms with E-state index < -0.39 is 0 Å². The van der Waals surface area contributed by atoms with Crippen LogP contribution < -0.4 is 5.73 Å². The predicted octanol–water partition coefficient (Wildman–Crippen LogP) is 7.46. The summed E-state index contributed by atoms with van der Waals surface area (Å²) in [5.74, 6) is 1.04. The third-order valence-corrected chi connectivity index (χ3v) is 5.97. The number of benzene rings is 2. The minimum absolute atomic E-state index is 0.0764. The van der Waals surface area contributed by atoms with Gasteiger partial charge in [-0.25, -0.2) is 4.98 Å². The van der Waals surface area contributed by atoms with Gasteiger partial charge in [0.25, 0.3) is 0 Å². The van der Waals surface area contributed by atoms with E-state index in [1.54, 1.807) is 0 Å². The van der Waals surface area contributed by atoms with Crippen molar-refractivity contribution < 1.29 is 0 Å². The van der Waals surface area contributed by atoms with E-state index in [-0.39, 0.29) is 10.8 Å². The molecule has 0 saturated heterocycles. The van der Waals surface area contributed by atoms with E-state index in [0.717, 1.165) is 35.5 Å². The zero-order valence-corrected chi connectivity index (χ0v) is 20.0. The maximum atomic E-state index is 6.32. The fraction of sp³-hybridized carbons (Fsp3) is 0.519. The van der Waals surface area contributed by atoms with Crippen LogP contribution in [0.5, 0.6) is 0 Å². The van der Waals surface area contributed by atoms with Crippen LogP contribution in [0.4, 0.5) is 5.69 Å². The molecule has 0 aliphatic heterocycles. The van der Waals surface area contributed by atoms with E-state index in [4.69, 9.17) is 10.7 Å². The minimum atomic E-state index is 0.0764. The van der Waals surface area contributed by atoms with E-state index in [0.29, 0.717) is 0 Å². The van der Waals surface area contributed by atoms with Crippen molar-refractivity contribution >= 4 is 16.7 Å². The molecule has 1 aromatic heterocycles. The van der Waals surface area contributed by atoms with Gasteiger partial charge in [0.05, 0.1) is 11.2 Å². The summed E-state index contributed by atoms with van der Waals surface area (Å²) in [5.41, 5.74) is 13.2. The molecule has 162 valence electrons. The molecule has 0 aliphatic rings. The van der Waals surface area contributed by atoms with Gasteiger partial charge in [-0.2, -0.15) is 0 Å². The zero-order valence-electron chi connectivity index (χ0n) is 20.0. The summed E-state index contributed by atoms with van der Waals surface area (Å²) in [4.78, 5) is 5.07. The van der Waals surface area contributed by atoms with Crippen LogP contribution in [-0.4, -0.2) is 9.55 Å². The maximum absolute atomic E-state index is 6.32. The number of rotatable bonds is 6. The quantitative estimate of drug-likeness (QED) is 0.341. The van der Waals surface area contributed by atoms with Crippen molar-refractivity contribution in [3.63, 3.8) is 0 Å². The molecule has 30 heavy (non-hydrogen) atoms. The Labute approximate surface area is 182 Å². The first-order valence-corrected chi connectivity index (χ1v) is 11.4. The van der Waals surface area contributed by atoms with E-state index in [1.807, 2.05) is 12.1 Å². The van der Waals surface area contributed by atoms with Gasteiger partial charge in [-0.1, -0.05) is 79.9 Å². The van der Waals surface area contributed by atoms with Crippen LogP contribution in [-0.2, 0) is 17.4 Å². The molecular weight excluding hydrogens is 366 g/mol. The molecule has 0 radical (unpaired) electrons. The second-order valence-electron chi connectivity index (χ2n) is 10.7. The number of hydrogen-bond donors (Lipinski definition) is 1. The van der Waals surface area contributed by atoms with E-state index >= 15 is 0 Å². The number of nitrogen functional groups attached to an aromatic ring is 1. The van der Waals surface area contributed by atoms with Crippen molar-refractivity contribution in [3.05, 3.63) is 47.5 Å². The van der Waals surface area contributed by atoms with E-state index in [9.17, 15) is 0 Å². The van der Waals surface area contributed by atoms with Gasteiger partial charge in [0.1, 0.15) is 11.3 Å². The molecule has 3 aromatic rings. The smallest absolute Gasteiger partial charge is 0.141 e. The Morgan fingerprint density at radius 3 is 2.07 bits per heavy atom. The molecule has 0 spiro atoms. The highest BCUT2D eigenvalue weighted by molar-refractivity contribution is 5.90. The molecule has 3 nitrogen and oxygen atoms in total. The SMILES string of the molecule is CCCCCCn1c(-c2cc(C(C)(C)C)cc(C(C)(C)C)c2)nc2c(N)cccc21. The lowest BCUT2D eigenvalue weighted by atomic mass is 9.79. The van der Waals surface area contributed by atoms with Gasteiger partial charge in [-0.3, -0.25) is 0 Å². The summed E-state index contributed by atoms with van der Waals surface area (Å²) in [7, 11) is 0. The number of nitrogens with two attached hydrogens (primary N) is 1. The normalized spacial score (nSPS) is 12.6. The number of nitrogens with zero attached hydrogens (tertiary/aromatic N) is 2. The molecule has 2 aromatic carbocycles. The third-order valence-electron chi connectivity index (χ3n) is 5.97. The molecular formula is C27H39N3. The minimum Gasteiger partial charge on any atom is -0.397 e. The molecule has 0 aliphatic carbocycles. The number of imidazole rings is 1. The lowest BCUT2D eigenvalue weighted by molar-refractivity contribution is 0.568. The summed E-state index contributed by atoms with van der Waals surface area (Å²) in [5, 5.41) is 0. The van der Waals surface area contributed by atoms with E-state index in [1.165, 1.54) is 36.0 Å². The van der Waals surface area contributed by atoms with Crippen LogP contribution in [0.25, 0.3) is 22.4 Å². The lowest BCUT2D eigenvalue weighted by Crippen LogP contribution is -2.17. The van der Waals surface area contributed by atoms with Crippen molar-refractivity contribution in [2.75, 3.05) is 5.73 Å². The van der Waals surface area contributed by atoms with Crippen LogP contribution >= 0.6 is 0 Å². The second kappa shape index (κ2) is 8.45. The molecule has 0 unspecified atom stereocenters. The predicted molar refractivity (Wildman–Crippen MR) is 131 cm³/mol. The van der Waals surface area contributed by atoms with Crippen molar-refractivity contribution in [2.45, 2.75) is 91.5 Å². The Kier molecular flexibility index (Phi) is 6.31. The number of para-hydroxylation sites is 1. The molecule has 0 saturated carbocycles. The number of aromatic nitrogens is 2. The standard InChI is InChI=1S/C27H39N3/c1-8-9-10-11-15-30-23-14-12-13-22(28)24(23)29-25(30)19-16-20(26(2,3)4)18-21(17-19)27(5,6)7/h12-14,16-18H,8-11,15,28H2,1-7H3. The summed E-state index contributed by atoms with van der Waals surface area (Å²) < 4.78 is 2.38. The highest BCUT2D eigenvalue weighted by atomic mass is 15.1.